The monoisotopic (exact) mass is 1550 g/mol. The zero-order valence-electron chi connectivity index (χ0n) is 71.7. The molecule has 4 aliphatic carbocycles. The Hall–Kier alpha value is -9.02. The molecule has 0 bridgehead atoms. The molecule has 2 fully saturated rings. The third kappa shape index (κ3) is 10.3. The van der Waals surface area contributed by atoms with E-state index >= 15 is 0 Å². The van der Waals surface area contributed by atoms with E-state index < -0.39 is 0 Å². The number of hydrogen-bond donors (Lipinski definition) is 0. The van der Waals surface area contributed by atoms with E-state index in [4.69, 9.17) is 8.83 Å². The second kappa shape index (κ2) is 24.3. The molecule has 4 aliphatic heterocycles. The largest absolute Gasteiger partial charge is 0.454 e. The van der Waals surface area contributed by atoms with Gasteiger partial charge in [0.1, 0.15) is 11.2 Å². The van der Waals surface area contributed by atoms with Crippen LogP contribution < -0.4 is 35.3 Å². The molecule has 0 radical (unpaired) electrons. The molecule has 8 aliphatic rings. The van der Waals surface area contributed by atoms with Gasteiger partial charge in [0.2, 0.25) is 0 Å². The molecule has 4 aromatic heterocycles. The van der Waals surface area contributed by atoms with Crippen LogP contribution in [0.5, 0.6) is 0 Å². The van der Waals surface area contributed by atoms with Crippen LogP contribution in [-0.4, -0.2) is 17.8 Å². The molecular formula is C106H113BN4O2S2. The average molecular weight is 1550 g/mol. The quantitative estimate of drug-likeness (QED) is 0.160. The number of rotatable bonds is 5. The third-order valence-corrected chi connectivity index (χ3v) is 33.3. The predicted molar refractivity (Wildman–Crippen MR) is 495 cm³/mol. The van der Waals surface area contributed by atoms with E-state index in [0.717, 1.165) is 50.2 Å². The van der Waals surface area contributed by atoms with Gasteiger partial charge in [0, 0.05) is 96.8 Å². The summed E-state index contributed by atoms with van der Waals surface area (Å²) in [4.78, 5) is 10.8. The van der Waals surface area contributed by atoms with Crippen LogP contribution in [0.3, 0.4) is 0 Å². The number of benzene rings is 10. The van der Waals surface area contributed by atoms with E-state index in [-0.39, 0.29) is 61.1 Å². The first kappa shape index (κ1) is 73.6. The number of aryl methyl sites for hydroxylation is 2. The van der Waals surface area contributed by atoms with Gasteiger partial charge in [-0.3, -0.25) is 0 Å². The molecule has 2 saturated carbocycles. The van der Waals surface area contributed by atoms with Crippen LogP contribution in [0.15, 0.2) is 184 Å². The summed E-state index contributed by atoms with van der Waals surface area (Å²) in [7, 11) is 0. The van der Waals surface area contributed by atoms with E-state index in [0.29, 0.717) is 0 Å². The zero-order chi connectivity index (χ0) is 79.9. The van der Waals surface area contributed by atoms with E-state index in [9.17, 15) is 0 Å². The van der Waals surface area contributed by atoms with Gasteiger partial charge in [0.15, 0.2) is 11.2 Å². The fraction of sp³-hybridized carbons (Fsp3) is 0.396. The normalized spacial score (nSPS) is 23.1. The molecule has 4 atom stereocenters. The maximum Gasteiger partial charge on any atom is 0.264 e. The highest BCUT2D eigenvalue weighted by Crippen LogP contribution is 2.66. The number of fused-ring (bicyclic) bond motifs is 21. The molecule has 115 heavy (non-hydrogen) atoms. The van der Waals surface area contributed by atoms with Crippen molar-refractivity contribution in [1.29, 1.82) is 0 Å². The van der Waals surface area contributed by atoms with Gasteiger partial charge in [-0.15, -0.1) is 22.7 Å². The Kier molecular flexibility index (Phi) is 15.6. The lowest BCUT2D eigenvalue weighted by molar-refractivity contribution is 0.195. The van der Waals surface area contributed by atoms with Crippen molar-refractivity contribution in [3.63, 3.8) is 0 Å². The van der Waals surface area contributed by atoms with Crippen LogP contribution in [0.4, 0.5) is 56.9 Å². The molecule has 14 aromatic rings. The second-order valence-electron chi connectivity index (χ2n) is 42.1. The van der Waals surface area contributed by atoms with Gasteiger partial charge >= 0.3 is 0 Å². The summed E-state index contributed by atoms with van der Waals surface area (Å²) in [6.07, 6.45) is 14.7. The highest BCUT2D eigenvalue weighted by Gasteiger charge is 2.63. The van der Waals surface area contributed by atoms with E-state index in [1.54, 1.807) is 5.56 Å². The minimum Gasteiger partial charge on any atom is -0.454 e. The zero-order valence-corrected chi connectivity index (χ0v) is 73.4. The molecule has 9 heteroatoms. The number of hydrogen-bond acceptors (Lipinski definition) is 8. The van der Waals surface area contributed by atoms with Crippen LogP contribution in [0, 0.1) is 13.8 Å². The lowest BCUT2D eigenvalue weighted by atomic mass is 9.36. The Balaban J connectivity index is 0.000000144. The molecule has 0 saturated heterocycles. The summed E-state index contributed by atoms with van der Waals surface area (Å²) in [6.45, 7) is 49.0. The van der Waals surface area contributed by atoms with Gasteiger partial charge < -0.3 is 28.4 Å². The minimum absolute atomic E-state index is 0.0214. The molecule has 584 valence electrons. The summed E-state index contributed by atoms with van der Waals surface area (Å²) in [5, 5.41) is 9.74. The van der Waals surface area contributed by atoms with Gasteiger partial charge in [-0.1, -0.05) is 221 Å². The number of thiophene rings is 2. The van der Waals surface area contributed by atoms with Crippen molar-refractivity contribution < 1.29 is 8.83 Å². The van der Waals surface area contributed by atoms with Crippen molar-refractivity contribution in [3.8, 4) is 0 Å². The van der Waals surface area contributed by atoms with Gasteiger partial charge in [0.05, 0.1) is 33.8 Å². The number of nitrogens with zero attached hydrogens (tertiary/aromatic N) is 4. The first-order valence-corrected chi connectivity index (χ1v) is 45.0. The Morgan fingerprint density at radius 2 is 0.930 bits per heavy atom. The number of para-hydroxylation sites is 4. The highest BCUT2D eigenvalue weighted by atomic mass is 32.1. The SMILES string of the molecule is Cc1cc(N(c2csc3cc4c(cc23)C(C)(C)CCC4(C)C)c2cccc3c2oc2ccccc23)cc(N2c3ccc(C(C)(C)C)cc3C3(C)CCCCC23C)c1.Cc1cc2c3c(c1)N1c4c(cc(C(C)(C)C)cc4C4(C)CCCCC14C)B3c1sc3cc4c(cc3c1N2c1cccc2c1oc1ccccc12)C(C)(C)CCC4(C)C. The first-order chi connectivity index (χ1) is 54.5. The topological polar surface area (TPSA) is 39.2 Å². The van der Waals surface area contributed by atoms with Crippen molar-refractivity contribution in [1.82, 2.24) is 0 Å². The Bertz CT molecular complexity index is 6510. The van der Waals surface area contributed by atoms with Crippen LogP contribution in [0.25, 0.3) is 64.0 Å². The van der Waals surface area contributed by atoms with Crippen LogP contribution in [0.2, 0.25) is 0 Å². The molecule has 0 spiro atoms. The van der Waals surface area contributed by atoms with Gasteiger partial charge in [-0.25, -0.2) is 0 Å². The smallest absolute Gasteiger partial charge is 0.264 e. The standard InChI is InChI=1S/C53H55BN2OS.C53H58N2OS/c1-30-24-40-44-41(25-30)56-46-37(52(9)20-13-14-21-53(52,56)10)26-31(49(2,3)4)27-38(46)54(44)48-45(34-28-35-36(29-43(34)58-48)51(7,8)23-22-50(35,5)6)55(40)39-18-15-17-33-32-16-11-12-19-42(32)57-47(33)39;1-33-26-35(29-36(27-33)55-43-21-20-34(49(2,3)4)28-42(43)52(9)22-13-14-23-53(52,55)10)54(44-18-15-17-38-37-16-11-12-19-46(37)56-48(38)44)45-32-57-47-31-41-40(30-39(45)47)50(5,6)24-25-51(41,7)8/h11-12,15-19,24-29H,13-14,20-23H2,1-10H3;11-12,15-21,26-32H,13-14,22-25H2,1-10H3. The fourth-order valence-corrected chi connectivity index (χ4v) is 26.1. The molecule has 10 aromatic carbocycles. The average Bonchev–Trinajstić information content (AvgIpc) is 1.50. The van der Waals surface area contributed by atoms with Crippen molar-refractivity contribution >= 4 is 166 Å². The maximum atomic E-state index is 6.95. The molecule has 8 heterocycles. The lowest BCUT2D eigenvalue weighted by Gasteiger charge is -2.52. The van der Waals surface area contributed by atoms with E-state index in [1.165, 1.54) is 214 Å². The lowest BCUT2D eigenvalue weighted by Crippen LogP contribution is -2.64. The summed E-state index contributed by atoms with van der Waals surface area (Å²) in [6, 6.07) is 65.9. The maximum absolute atomic E-state index is 6.95. The van der Waals surface area contributed by atoms with E-state index in [2.05, 4.69) is 345 Å². The van der Waals surface area contributed by atoms with Crippen molar-refractivity contribution in [2.24, 2.45) is 0 Å². The molecule has 0 amide bonds. The third-order valence-electron chi connectivity index (χ3n) is 31.2. The highest BCUT2D eigenvalue weighted by molar-refractivity contribution is 7.33. The van der Waals surface area contributed by atoms with Crippen LogP contribution in [-0.2, 0) is 43.3 Å². The second-order valence-corrected chi connectivity index (χ2v) is 44.1. The van der Waals surface area contributed by atoms with E-state index in [1.807, 2.05) is 11.3 Å². The fourth-order valence-electron chi connectivity index (χ4n) is 23.8. The molecule has 22 rings (SSSR count). The summed E-state index contributed by atoms with van der Waals surface area (Å²) < 4.78 is 18.0. The van der Waals surface area contributed by atoms with Crippen molar-refractivity contribution in [2.75, 3.05) is 19.6 Å². The number of furan rings is 2. The molecule has 0 N–H and O–H groups in total. The van der Waals surface area contributed by atoms with Gasteiger partial charge in [-0.05, 0) is 263 Å². The summed E-state index contributed by atoms with van der Waals surface area (Å²) in [5.41, 5.74) is 34.7. The predicted octanol–water partition coefficient (Wildman–Crippen LogP) is 29.1. The Morgan fingerprint density at radius 3 is 1.57 bits per heavy atom. The minimum atomic E-state index is -0.0503. The van der Waals surface area contributed by atoms with Crippen molar-refractivity contribution in [2.45, 2.75) is 270 Å². The summed E-state index contributed by atoms with van der Waals surface area (Å²) >= 11 is 3.94. The molecule has 4 unspecified atom stereocenters. The Morgan fingerprint density at radius 1 is 0.400 bits per heavy atom. The van der Waals surface area contributed by atoms with Gasteiger partial charge in [-0.2, -0.15) is 0 Å². The van der Waals surface area contributed by atoms with Crippen LogP contribution in [0.1, 0.15) is 257 Å². The van der Waals surface area contributed by atoms with Gasteiger partial charge in [0.25, 0.3) is 6.71 Å². The summed E-state index contributed by atoms with van der Waals surface area (Å²) in [5.74, 6) is 0. The Labute approximate surface area is 690 Å². The first-order valence-electron chi connectivity index (χ1n) is 43.3. The molecule has 6 nitrogen and oxygen atoms in total. The molecular weight excluding hydrogens is 1440 g/mol. The van der Waals surface area contributed by atoms with Crippen molar-refractivity contribution in [3.05, 3.63) is 231 Å². The van der Waals surface area contributed by atoms with Crippen LogP contribution >= 0.6 is 22.7 Å². The number of anilines is 10.